The van der Waals surface area contributed by atoms with Crippen LogP contribution < -0.4 is 4.74 Å². The van der Waals surface area contributed by atoms with Crippen molar-refractivity contribution in [2.75, 3.05) is 13.7 Å². The van der Waals surface area contributed by atoms with Crippen LogP contribution in [0.3, 0.4) is 0 Å². The molecule has 1 saturated carbocycles. The summed E-state index contributed by atoms with van der Waals surface area (Å²) in [5.74, 6) is 0.923. The lowest BCUT2D eigenvalue weighted by Crippen LogP contribution is -2.32. The molecule has 3 heteroatoms. The summed E-state index contributed by atoms with van der Waals surface area (Å²) in [6.45, 7) is 2.72. The lowest BCUT2D eigenvalue weighted by molar-refractivity contribution is -0.0575. The summed E-state index contributed by atoms with van der Waals surface area (Å²) in [7, 11) is 1.69. The largest absolute Gasteiger partial charge is 0.496 e. The molecule has 0 saturated heterocycles. The number of rotatable bonds is 5. The Labute approximate surface area is 115 Å². The third kappa shape index (κ3) is 3.95. The summed E-state index contributed by atoms with van der Waals surface area (Å²) >= 11 is 0. The van der Waals surface area contributed by atoms with Gasteiger partial charge in [-0.1, -0.05) is 25.0 Å². The minimum absolute atomic E-state index is 0.0353. The van der Waals surface area contributed by atoms with Crippen LogP contribution in [0, 0.1) is 6.92 Å². The quantitative estimate of drug-likeness (QED) is 0.888. The number of hydrogen-bond donors (Lipinski definition) is 1. The fraction of sp³-hybridized carbons (Fsp3) is 0.625. The monoisotopic (exact) mass is 264 g/mol. The highest BCUT2D eigenvalue weighted by Crippen LogP contribution is 2.22. The number of aliphatic hydroxyl groups is 1. The smallest absolute Gasteiger partial charge is 0.121 e. The van der Waals surface area contributed by atoms with Gasteiger partial charge in [0.15, 0.2) is 0 Å². The summed E-state index contributed by atoms with van der Waals surface area (Å²) in [4.78, 5) is 0. The van der Waals surface area contributed by atoms with Gasteiger partial charge in [-0.05, 0) is 43.4 Å². The average Bonchev–Trinajstić information content (AvgIpc) is 2.41. The Balaban J connectivity index is 1.80. The molecular weight excluding hydrogens is 240 g/mol. The highest BCUT2D eigenvalue weighted by atomic mass is 16.5. The van der Waals surface area contributed by atoms with Crippen LogP contribution in [-0.4, -0.2) is 31.0 Å². The number of aryl methyl sites for hydroxylation is 1. The SMILES string of the molecule is COc1ccc(CCO[C@@H]2CCCC[C@@H]2O)cc1C. The number of ether oxygens (including phenoxy) is 2. The van der Waals surface area contributed by atoms with E-state index < -0.39 is 0 Å². The van der Waals surface area contributed by atoms with Crippen LogP contribution in [0.25, 0.3) is 0 Å². The Bertz CT molecular complexity index is 403. The molecule has 2 rings (SSSR count). The van der Waals surface area contributed by atoms with Crippen LogP contribution in [-0.2, 0) is 11.2 Å². The predicted molar refractivity (Wildman–Crippen MR) is 75.6 cm³/mol. The summed E-state index contributed by atoms with van der Waals surface area (Å²) in [5.41, 5.74) is 2.40. The highest BCUT2D eigenvalue weighted by molar-refractivity contribution is 5.36. The highest BCUT2D eigenvalue weighted by Gasteiger charge is 2.23. The molecule has 0 amide bonds. The van der Waals surface area contributed by atoms with Gasteiger partial charge in [-0.2, -0.15) is 0 Å². The molecule has 0 aliphatic heterocycles. The second-order valence-corrected chi connectivity index (χ2v) is 5.32. The van der Waals surface area contributed by atoms with Crippen LogP contribution in [0.4, 0.5) is 0 Å². The van der Waals surface area contributed by atoms with Crippen LogP contribution in [0.5, 0.6) is 5.75 Å². The lowest BCUT2D eigenvalue weighted by atomic mass is 9.95. The molecule has 0 spiro atoms. The molecule has 1 aliphatic rings. The van der Waals surface area contributed by atoms with Gasteiger partial charge in [0.2, 0.25) is 0 Å². The molecule has 106 valence electrons. The van der Waals surface area contributed by atoms with Gasteiger partial charge in [0.1, 0.15) is 5.75 Å². The van der Waals surface area contributed by atoms with E-state index in [2.05, 4.69) is 12.1 Å². The molecule has 2 atom stereocenters. The molecule has 1 aromatic carbocycles. The van der Waals surface area contributed by atoms with Crippen molar-refractivity contribution in [2.24, 2.45) is 0 Å². The van der Waals surface area contributed by atoms with Crippen LogP contribution >= 0.6 is 0 Å². The average molecular weight is 264 g/mol. The van der Waals surface area contributed by atoms with Gasteiger partial charge in [-0.3, -0.25) is 0 Å². The van der Waals surface area contributed by atoms with Gasteiger partial charge in [-0.15, -0.1) is 0 Å². The summed E-state index contributed by atoms with van der Waals surface area (Å²) in [6.07, 6.45) is 4.81. The number of methoxy groups -OCH3 is 1. The van der Waals surface area contributed by atoms with E-state index in [9.17, 15) is 5.11 Å². The fourth-order valence-corrected chi connectivity index (χ4v) is 2.70. The summed E-state index contributed by atoms with van der Waals surface area (Å²) in [5, 5.41) is 9.84. The second kappa shape index (κ2) is 6.92. The molecule has 0 unspecified atom stereocenters. The van der Waals surface area contributed by atoms with Gasteiger partial charge >= 0.3 is 0 Å². The molecule has 1 N–H and O–H groups in total. The first-order valence-electron chi connectivity index (χ1n) is 7.14. The zero-order valence-electron chi connectivity index (χ0n) is 11.9. The van der Waals surface area contributed by atoms with E-state index in [0.29, 0.717) is 6.61 Å². The van der Waals surface area contributed by atoms with Gasteiger partial charge in [-0.25, -0.2) is 0 Å². The van der Waals surface area contributed by atoms with E-state index in [4.69, 9.17) is 9.47 Å². The summed E-state index contributed by atoms with van der Waals surface area (Å²) in [6, 6.07) is 6.21. The molecule has 1 fully saturated rings. The maximum atomic E-state index is 9.84. The van der Waals surface area contributed by atoms with E-state index in [1.165, 1.54) is 12.0 Å². The normalized spacial score (nSPS) is 23.3. The van der Waals surface area contributed by atoms with Crippen molar-refractivity contribution >= 4 is 0 Å². The summed E-state index contributed by atoms with van der Waals surface area (Å²) < 4.78 is 11.1. The molecule has 1 aliphatic carbocycles. The molecule has 0 heterocycles. The minimum atomic E-state index is -0.272. The van der Waals surface area contributed by atoms with Crippen molar-refractivity contribution in [3.05, 3.63) is 29.3 Å². The van der Waals surface area contributed by atoms with E-state index in [0.717, 1.165) is 37.0 Å². The van der Waals surface area contributed by atoms with Crippen molar-refractivity contribution < 1.29 is 14.6 Å². The van der Waals surface area contributed by atoms with Crippen LogP contribution in [0.15, 0.2) is 18.2 Å². The Hall–Kier alpha value is -1.06. The predicted octanol–water partition coefficient (Wildman–Crippen LogP) is 2.87. The number of benzene rings is 1. The Kier molecular flexibility index (Phi) is 5.23. The van der Waals surface area contributed by atoms with E-state index in [-0.39, 0.29) is 12.2 Å². The van der Waals surface area contributed by atoms with Crippen molar-refractivity contribution in [1.82, 2.24) is 0 Å². The molecule has 0 radical (unpaired) electrons. The van der Waals surface area contributed by atoms with Crippen molar-refractivity contribution in [3.8, 4) is 5.75 Å². The maximum absolute atomic E-state index is 9.84. The first kappa shape index (κ1) is 14.4. The van der Waals surface area contributed by atoms with E-state index in [1.807, 2.05) is 13.0 Å². The zero-order valence-corrected chi connectivity index (χ0v) is 11.9. The third-order valence-corrected chi connectivity index (χ3v) is 3.85. The topological polar surface area (TPSA) is 38.7 Å². The number of aliphatic hydroxyl groups excluding tert-OH is 1. The Morgan fingerprint density at radius 1 is 1.26 bits per heavy atom. The molecule has 3 nitrogen and oxygen atoms in total. The third-order valence-electron chi connectivity index (χ3n) is 3.85. The van der Waals surface area contributed by atoms with Crippen molar-refractivity contribution in [1.29, 1.82) is 0 Å². The molecule has 1 aromatic rings. The molecular formula is C16H24O3. The Morgan fingerprint density at radius 3 is 2.74 bits per heavy atom. The van der Waals surface area contributed by atoms with Gasteiger partial charge < -0.3 is 14.6 Å². The van der Waals surface area contributed by atoms with Gasteiger partial charge in [0.05, 0.1) is 25.9 Å². The molecule has 0 bridgehead atoms. The van der Waals surface area contributed by atoms with Crippen LogP contribution in [0.2, 0.25) is 0 Å². The second-order valence-electron chi connectivity index (χ2n) is 5.32. The standard InChI is InChI=1S/C16H24O3/c1-12-11-13(7-8-15(12)18-2)9-10-19-16-6-4-3-5-14(16)17/h7-8,11,14,16-17H,3-6,9-10H2,1-2H3/t14-,16+/m0/s1. The molecule has 19 heavy (non-hydrogen) atoms. The van der Waals surface area contributed by atoms with Gasteiger partial charge in [0, 0.05) is 0 Å². The lowest BCUT2D eigenvalue weighted by Gasteiger charge is -2.27. The fourth-order valence-electron chi connectivity index (χ4n) is 2.70. The van der Waals surface area contributed by atoms with E-state index in [1.54, 1.807) is 7.11 Å². The number of hydrogen-bond acceptors (Lipinski definition) is 3. The first-order chi connectivity index (χ1) is 9.20. The zero-order chi connectivity index (χ0) is 13.7. The van der Waals surface area contributed by atoms with Crippen LogP contribution in [0.1, 0.15) is 36.8 Å². The van der Waals surface area contributed by atoms with E-state index >= 15 is 0 Å². The minimum Gasteiger partial charge on any atom is -0.496 e. The van der Waals surface area contributed by atoms with Crippen molar-refractivity contribution in [3.63, 3.8) is 0 Å². The molecule has 0 aromatic heterocycles. The van der Waals surface area contributed by atoms with Crippen molar-refractivity contribution in [2.45, 2.75) is 51.2 Å². The maximum Gasteiger partial charge on any atom is 0.121 e. The Morgan fingerprint density at radius 2 is 2.05 bits per heavy atom. The first-order valence-corrected chi connectivity index (χ1v) is 7.14. The van der Waals surface area contributed by atoms with Gasteiger partial charge in [0.25, 0.3) is 0 Å².